The fourth-order valence-corrected chi connectivity index (χ4v) is 4.44. The number of halogens is 3. The van der Waals surface area contributed by atoms with Gasteiger partial charge in [-0.2, -0.15) is 0 Å². The van der Waals surface area contributed by atoms with Gasteiger partial charge in [-0.3, -0.25) is 0 Å². The molecule has 0 atom stereocenters. The first-order valence-electron chi connectivity index (χ1n) is 8.59. The van der Waals surface area contributed by atoms with E-state index in [0.29, 0.717) is 11.6 Å². The SMILES string of the molecule is Cc1ccc(C)c(NCc2cc(Br)c(OCc3ccccc3Cl)c(Br)c2)c1. The van der Waals surface area contributed by atoms with Gasteiger partial charge in [0.05, 0.1) is 8.95 Å². The summed E-state index contributed by atoms with van der Waals surface area (Å²) in [5.41, 5.74) is 5.74. The Hall–Kier alpha value is -1.49. The number of hydrogen-bond acceptors (Lipinski definition) is 2. The van der Waals surface area contributed by atoms with E-state index in [1.165, 1.54) is 11.1 Å². The van der Waals surface area contributed by atoms with Gasteiger partial charge in [0.1, 0.15) is 12.4 Å². The molecule has 2 nitrogen and oxygen atoms in total. The molecule has 140 valence electrons. The first-order valence-corrected chi connectivity index (χ1v) is 10.6. The summed E-state index contributed by atoms with van der Waals surface area (Å²) in [6, 6.07) is 18.3. The molecule has 0 saturated carbocycles. The van der Waals surface area contributed by atoms with Crippen LogP contribution in [0, 0.1) is 13.8 Å². The maximum atomic E-state index is 6.21. The van der Waals surface area contributed by atoms with Crippen LogP contribution < -0.4 is 10.1 Å². The van der Waals surface area contributed by atoms with E-state index in [0.717, 1.165) is 38.1 Å². The molecule has 27 heavy (non-hydrogen) atoms. The number of aryl methyl sites for hydroxylation is 2. The second-order valence-electron chi connectivity index (χ2n) is 6.44. The smallest absolute Gasteiger partial charge is 0.148 e. The second kappa shape index (κ2) is 9.13. The molecule has 0 spiro atoms. The van der Waals surface area contributed by atoms with Crippen molar-refractivity contribution in [2.24, 2.45) is 0 Å². The van der Waals surface area contributed by atoms with Crippen molar-refractivity contribution in [3.63, 3.8) is 0 Å². The van der Waals surface area contributed by atoms with E-state index in [1.807, 2.05) is 24.3 Å². The molecule has 0 bridgehead atoms. The van der Waals surface area contributed by atoms with Gasteiger partial charge in [-0.05, 0) is 86.7 Å². The molecule has 0 aliphatic rings. The maximum absolute atomic E-state index is 6.21. The number of benzene rings is 3. The summed E-state index contributed by atoms with van der Waals surface area (Å²) >= 11 is 13.5. The van der Waals surface area contributed by atoms with Crippen LogP contribution in [0.3, 0.4) is 0 Å². The molecular weight excluding hydrogens is 490 g/mol. The third kappa shape index (κ3) is 5.28. The molecule has 5 heteroatoms. The maximum Gasteiger partial charge on any atom is 0.148 e. The zero-order valence-corrected chi connectivity index (χ0v) is 19.1. The van der Waals surface area contributed by atoms with Crippen LogP contribution in [0.1, 0.15) is 22.3 Å². The first-order chi connectivity index (χ1) is 12.9. The second-order valence-corrected chi connectivity index (χ2v) is 8.56. The Morgan fingerprint density at radius 3 is 2.37 bits per heavy atom. The van der Waals surface area contributed by atoms with Crippen LogP contribution in [-0.2, 0) is 13.2 Å². The van der Waals surface area contributed by atoms with Gasteiger partial charge < -0.3 is 10.1 Å². The third-order valence-electron chi connectivity index (χ3n) is 4.26. The van der Waals surface area contributed by atoms with Crippen LogP contribution >= 0.6 is 43.5 Å². The van der Waals surface area contributed by atoms with Gasteiger partial charge in [0.2, 0.25) is 0 Å². The summed E-state index contributed by atoms with van der Waals surface area (Å²) in [4.78, 5) is 0. The Bertz CT molecular complexity index is 936. The highest BCUT2D eigenvalue weighted by Crippen LogP contribution is 2.36. The van der Waals surface area contributed by atoms with E-state index < -0.39 is 0 Å². The van der Waals surface area contributed by atoms with Crippen molar-refractivity contribution in [1.82, 2.24) is 0 Å². The van der Waals surface area contributed by atoms with Crippen molar-refractivity contribution in [1.29, 1.82) is 0 Å². The van der Waals surface area contributed by atoms with Gasteiger partial charge in [0.25, 0.3) is 0 Å². The van der Waals surface area contributed by atoms with E-state index >= 15 is 0 Å². The minimum absolute atomic E-state index is 0.414. The summed E-state index contributed by atoms with van der Waals surface area (Å²) in [5.74, 6) is 0.769. The Morgan fingerprint density at radius 1 is 0.963 bits per heavy atom. The fraction of sp³-hybridized carbons (Fsp3) is 0.182. The van der Waals surface area contributed by atoms with E-state index in [2.05, 4.69) is 81.4 Å². The van der Waals surface area contributed by atoms with E-state index in [4.69, 9.17) is 16.3 Å². The molecule has 0 aromatic heterocycles. The largest absolute Gasteiger partial charge is 0.486 e. The monoisotopic (exact) mass is 507 g/mol. The molecule has 3 aromatic rings. The van der Waals surface area contributed by atoms with Crippen molar-refractivity contribution in [2.45, 2.75) is 27.0 Å². The molecule has 0 amide bonds. The van der Waals surface area contributed by atoms with Gasteiger partial charge in [0.15, 0.2) is 0 Å². The number of nitrogens with one attached hydrogen (secondary N) is 1. The number of rotatable bonds is 6. The van der Waals surface area contributed by atoms with Crippen LogP contribution in [0.15, 0.2) is 63.5 Å². The molecule has 0 radical (unpaired) electrons. The molecule has 1 N–H and O–H groups in total. The lowest BCUT2D eigenvalue weighted by atomic mass is 10.1. The van der Waals surface area contributed by atoms with Gasteiger partial charge in [0, 0.05) is 22.8 Å². The molecule has 3 aromatic carbocycles. The van der Waals surface area contributed by atoms with E-state index in [9.17, 15) is 0 Å². The number of hydrogen-bond donors (Lipinski definition) is 1. The molecule has 0 fully saturated rings. The number of ether oxygens (including phenoxy) is 1. The summed E-state index contributed by atoms with van der Waals surface area (Å²) in [7, 11) is 0. The highest BCUT2D eigenvalue weighted by atomic mass is 79.9. The third-order valence-corrected chi connectivity index (χ3v) is 5.81. The van der Waals surface area contributed by atoms with Gasteiger partial charge in [-0.25, -0.2) is 0 Å². The predicted octanol–water partition coefficient (Wildman–Crippen LogP) is 7.67. The first kappa shape index (κ1) is 20.2. The zero-order valence-electron chi connectivity index (χ0n) is 15.2. The Labute approximate surface area is 182 Å². The van der Waals surface area contributed by atoms with Crippen molar-refractivity contribution in [2.75, 3.05) is 5.32 Å². The number of anilines is 1. The van der Waals surface area contributed by atoms with Crippen LogP contribution in [0.4, 0.5) is 5.69 Å². The predicted molar refractivity (Wildman–Crippen MR) is 121 cm³/mol. The molecule has 0 aliphatic carbocycles. The summed E-state index contributed by atoms with van der Waals surface area (Å²) in [5, 5.41) is 4.22. The Balaban J connectivity index is 1.71. The van der Waals surface area contributed by atoms with Gasteiger partial charge in [-0.15, -0.1) is 0 Å². The van der Waals surface area contributed by atoms with E-state index in [-0.39, 0.29) is 0 Å². The normalized spacial score (nSPS) is 10.7. The summed E-state index contributed by atoms with van der Waals surface area (Å²) in [6.07, 6.45) is 0. The van der Waals surface area contributed by atoms with Gasteiger partial charge in [-0.1, -0.05) is 41.9 Å². The molecular formula is C22H20Br2ClNO. The molecule has 0 aliphatic heterocycles. The summed E-state index contributed by atoms with van der Waals surface area (Å²) < 4.78 is 7.80. The van der Waals surface area contributed by atoms with Crippen LogP contribution in [-0.4, -0.2) is 0 Å². The minimum atomic E-state index is 0.414. The zero-order chi connectivity index (χ0) is 19.4. The van der Waals surface area contributed by atoms with Crippen LogP contribution in [0.25, 0.3) is 0 Å². The fourth-order valence-electron chi connectivity index (χ4n) is 2.74. The topological polar surface area (TPSA) is 21.3 Å². The van der Waals surface area contributed by atoms with Crippen LogP contribution in [0.5, 0.6) is 5.75 Å². The molecule has 0 heterocycles. The van der Waals surface area contributed by atoms with Crippen molar-refractivity contribution in [3.05, 3.63) is 90.8 Å². The minimum Gasteiger partial charge on any atom is -0.486 e. The standard InChI is InChI=1S/C22H20Br2ClNO/c1-14-7-8-15(2)21(9-14)26-12-16-10-18(23)22(19(24)11-16)27-13-17-5-3-4-6-20(17)25/h3-11,26H,12-13H2,1-2H3. The lowest BCUT2D eigenvalue weighted by Gasteiger charge is -2.15. The van der Waals surface area contributed by atoms with E-state index in [1.54, 1.807) is 0 Å². The lowest BCUT2D eigenvalue weighted by molar-refractivity contribution is 0.302. The Kier molecular flexibility index (Phi) is 6.85. The summed E-state index contributed by atoms with van der Waals surface area (Å²) in [6.45, 7) is 5.35. The molecule has 3 rings (SSSR count). The molecule has 0 saturated heterocycles. The average Bonchev–Trinajstić information content (AvgIpc) is 2.63. The average molecular weight is 510 g/mol. The highest BCUT2D eigenvalue weighted by molar-refractivity contribution is 9.11. The highest BCUT2D eigenvalue weighted by Gasteiger charge is 2.11. The van der Waals surface area contributed by atoms with Crippen molar-refractivity contribution >= 4 is 49.1 Å². The van der Waals surface area contributed by atoms with Gasteiger partial charge >= 0.3 is 0 Å². The molecule has 0 unspecified atom stereocenters. The quantitative estimate of drug-likeness (QED) is 0.368. The van der Waals surface area contributed by atoms with Crippen molar-refractivity contribution in [3.8, 4) is 5.75 Å². The lowest BCUT2D eigenvalue weighted by Crippen LogP contribution is -2.03. The Morgan fingerprint density at radius 2 is 1.67 bits per heavy atom. The van der Waals surface area contributed by atoms with Crippen LogP contribution in [0.2, 0.25) is 5.02 Å². The van der Waals surface area contributed by atoms with Crippen molar-refractivity contribution < 1.29 is 4.74 Å².